The molecule has 2 nitrogen and oxygen atoms in total. The highest BCUT2D eigenvalue weighted by molar-refractivity contribution is 6.16. The van der Waals surface area contributed by atoms with Crippen molar-refractivity contribution in [2.75, 3.05) is 0 Å². The molecule has 0 aliphatic carbocycles. The molecule has 0 fully saturated rings. The largest absolute Gasteiger partial charge is 0.331 e. The minimum Gasteiger partial charge on any atom is -0.331 e. The summed E-state index contributed by atoms with van der Waals surface area (Å²) in [5, 5.41) is 0. The van der Waals surface area contributed by atoms with E-state index in [4.69, 9.17) is 11.6 Å². The van der Waals surface area contributed by atoms with Crippen molar-refractivity contribution in [1.82, 2.24) is 9.55 Å². The highest BCUT2D eigenvalue weighted by atomic mass is 35.5. The molecule has 62 valence electrons. The summed E-state index contributed by atoms with van der Waals surface area (Å²) < 4.78 is 2.22. The summed E-state index contributed by atoms with van der Waals surface area (Å²) in [4.78, 5) is 4.19. The van der Waals surface area contributed by atoms with Crippen LogP contribution in [0.5, 0.6) is 0 Å². The van der Waals surface area contributed by atoms with Crippen LogP contribution < -0.4 is 0 Å². The fourth-order valence-electron chi connectivity index (χ4n) is 1.45. The maximum absolute atomic E-state index is 5.67. The summed E-state index contributed by atoms with van der Waals surface area (Å²) in [7, 11) is 0. The number of rotatable bonds is 1. The molecule has 0 spiro atoms. The van der Waals surface area contributed by atoms with Crippen molar-refractivity contribution in [3.05, 3.63) is 17.7 Å². The summed E-state index contributed by atoms with van der Waals surface area (Å²) in [5.74, 6) is 1.56. The lowest BCUT2D eigenvalue weighted by atomic mass is 10.3. The van der Waals surface area contributed by atoms with Crippen molar-refractivity contribution in [2.45, 2.75) is 25.3 Å². The molecule has 0 amide bonds. The molecule has 2 rings (SSSR count). The van der Waals surface area contributed by atoms with Crippen LogP contribution in [0.3, 0.4) is 0 Å². The first-order valence-corrected chi connectivity index (χ1v) is 4.04. The Morgan fingerprint density at radius 2 is 2.45 bits per heavy atom. The Balaban J connectivity index is 0.000000605. The minimum atomic E-state index is 0. The lowest BCUT2D eigenvalue weighted by Gasteiger charge is -1.97. The standard InChI is InChI=1S/C7H9ClN2.ClH/c8-4-7-9-5-6-2-1-3-10(6)7;/h5H,1-4H2;1H. The van der Waals surface area contributed by atoms with Gasteiger partial charge in [-0.3, -0.25) is 0 Å². The molecule has 0 saturated carbocycles. The zero-order valence-electron chi connectivity index (χ0n) is 6.09. The van der Waals surface area contributed by atoms with Crippen molar-refractivity contribution in [3.8, 4) is 0 Å². The van der Waals surface area contributed by atoms with Crippen LogP contribution in [0.4, 0.5) is 0 Å². The van der Waals surface area contributed by atoms with Gasteiger partial charge in [0.2, 0.25) is 0 Å². The summed E-state index contributed by atoms with van der Waals surface area (Å²) in [6.07, 6.45) is 4.36. The van der Waals surface area contributed by atoms with Gasteiger partial charge in [0.25, 0.3) is 0 Å². The van der Waals surface area contributed by atoms with Crippen molar-refractivity contribution >= 4 is 24.0 Å². The minimum absolute atomic E-state index is 0. The summed E-state index contributed by atoms with van der Waals surface area (Å²) in [6, 6.07) is 0. The highest BCUT2D eigenvalue weighted by Gasteiger charge is 2.13. The Bertz CT molecular complexity index is 245. The average molecular weight is 193 g/mol. The third-order valence-corrected chi connectivity index (χ3v) is 2.19. The maximum atomic E-state index is 5.67. The molecule has 11 heavy (non-hydrogen) atoms. The van der Waals surface area contributed by atoms with E-state index in [1.165, 1.54) is 18.5 Å². The molecule has 0 unspecified atom stereocenters. The van der Waals surface area contributed by atoms with Crippen molar-refractivity contribution in [3.63, 3.8) is 0 Å². The van der Waals surface area contributed by atoms with Gasteiger partial charge in [-0.1, -0.05) is 0 Å². The fourth-order valence-corrected chi connectivity index (χ4v) is 1.66. The van der Waals surface area contributed by atoms with Gasteiger partial charge in [0, 0.05) is 18.4 Å². The van der Waals surface area contributed by atoms with Crippen LogP contribution in [0.25, 0.3) is 0 Å². The molecule has 1 aromatic heterocycles. The van der Waals surface area contributed by atoms with Gasteiger partial charge in [-0.25, -0.2) is 4.98 Å². The van der Waals surface area contributed by atoms with Gasteiger partial charge in [-0.15, -0.1) is 24.0 Å². The zero-order valence-corrected chi connectivity index (χ0v) is 7.66. The van der Waals surface area contributed by atoms with E-state index < -0.39 is 0 Å². The highest BCUT2D eigenvalue weighted by Crippen LogP contribution is 2.17. The van der Waals surface area contributed by atoms with E-state index in [1.807, 2.05) is 6.20 Å². The van der Waals surface area contributed by atoms with E-state index in [9.17, 15) is 0 Å². The van der Waals surface area contributed by atoms with E-state index in [-0.39, 0.29) is 12.4 Å². The lowest BCUT2D eigenvalue weighted by Crippen LogP contribution is -1.97. The molecule has 0 atom stereocenters. The van der Waals surface area contributed by atoms with Crippen LogP contribution in [-0.2, 0) is 18.8 Å². The van der Waals surface area contributed by atoms with Crippen LogP contribution in [-0.4, -0.2) is 9.55 Å². The second kappa shape index (κ2) is 3.46. The van der Waals surface area contributed by atoms with E-state index in [0.29, 0.717) is 5.88 Å². The summed E-state index contributed by atoms with van der Waals surface area (Å²) in [6.45, 7) is 1.11. The maximum Gasteiger partial charge on any atom is 0.123 e. The predicted octanol–water partition coefficient (Wildman–Crippen LogP) is 1.99. The van der Waals surface area contributed by atoms with Crippen LogP contribution in [0.1, 0.15) is 17.9 Å². The van der Waals surface area contributed by atoms with E-state index in [1.54, 1.807) is 0 Å². The van der Waals surface area contributed by atoms with Crippen LogP contribution in [0, 0.1) is 0 Å². The monoisotopic (exact) mass is 192 g/mol. The molecule has 0 saturated heterocycles. The summed E-state index contributed by atoms with van der Waals surface area (Å²) in [5.41, 5.74) is 1.34. The van der Waals surface area contributed by atoms with E-state index in [2.05, 4.69) is 9.55 Å². The molecule has 2 heterocycles. The Labute approximate surface area is 77.0 Å². The van der Waals surface area contributed by atoms with Crippen molar-refractivity contribution in [2.24, 2.45) is 0 Å². The number of fused-ring (bicyclic) bond motifs is 1. The number of aromatic nitrogens is 2. The number of nitrogens with zero attached hydrogens (tertiary/aromatic N) is 2. The Kier molecular flexibility index (Phi) is 2.79. The SMILES string of the molecule is Cl.ClCc1ncc2n1CCC2. The molecule has 1 aliphatic heterocycles. The number of halogens is 2. The predicted molar refractivity (Wildman–Crippen MR) is 47.4 cm³/mol. The number of imidazole rings is 1. The van der Waals surface area contributed by atoms with Gasteiger partial charge in [0.1, 0.15) is 5.82 Å². The zero-order chi connectivity index (χ0) is 6.97. The Morgan fingerprint density at radius 3 is 3.18 bits per heavy atom. The number of aryl methyl sites for hydroxylation is 1. The fraction of sp³-hybridized carbons (Fsp3) is 0.571. The van der Waals surface area contributed by atoms with E-state index >= 15 is 0 Å². The molecule has 0 radical (unpaired) electrons. The third-order valence-electron chi connectivity index (χ3n) is 1.96. The lowest BCUT2D eigenvalue weighted by molar-refractivity contribution is 0.711. The van der Waals surface area contributed by atoms with Crippen molar-refractivity contribution in [1.29, 1.82) is 0 Å². The Hall–Kier alpha value is -0.210. The Morgan fingerprint density at radius 1 is 1.64 bits per heavy atom. The quantitative estimate of drug-likeness (QED) is 0.623. The van der Waals surface area contributed by atoms with Crippen LogP contribution in [0.15, 0.2) is 6.20 Å². The summed E-state index contributed by atoms with van der Waals surface area (Å²) >= 11 is 5.67. The first kappa shape index (κ1) is 8.88. The molecule has 4 heteroatoms. The van der Waals surface area contributed by atoms with Gasteiger partial charge in [0.05, 0.1) is 5.88 Å². The second-order valence-corrected chi connectivity index (χ2v) is 2.82. The average Bonchev–Trinajstić information content (AvgIpc) is 2.44. The molecular formula is C7H10Cl2N2. The smallest absolute Gasteiger partial charge is 0.123 e. The van der Waals surface area contributed by atoms with Crippen LogP contribution in [0.2, 0.25) is 0 Å². The van der Waals surface area contributed by atoms with Crippen LogP contribution >= 0.6 is 24.0 Å². The molecule has 0 aromatic carbocycles. The van der Waals surface area contributed by atoms with Gasteiger partial charge in [-0.05, 0) is 12.8 Å². The van der Waals surface area contributed by atoms with Gasteiger partial charge in [-0.2, -0.15) is 0 Å². The molecule has 1 aliphatic rings. The van der Waals surface area contributed by atoms with Gasteiger partial charge >= 0.3 is 0 Å². The topological polar surface area (TPSA) is 17.8 Å². The number of hydrogen-bond donors (Lipinski definition) is 0. The molecule has 0 N–H and O–H groups in total. The number of hydrogen-bond acceptors (Lipinski definition) is 1. The van der Waals surface area contributed by atoms with Gasteiger partial charge in [0.15, 0.2) is 0 Å². The normalized spacial score (nSPS) is 14.3. The first-order chi connectivity index (χ1) is 4.92. The molecule has 1 aromatic rings. The second-order valence-electron chi connectivity index (χ2n) is 2.55. The third kappa shape index (κ3) is 1.37. The van der Waals surface area contributed by atoms with Gasteiger partial charge < -0.3 is 4.57 Å². The molecule has 0 bridgehead atoms. The molecular weight excluding hydrogens is 183 g/mol. The first-order valence-electron chi connectivity index (χ1n) is 3.51. The van der Waals surface area contributed by atoms with E-state index in [0.717, 1.165) is 12.4 Å². The number of alkyl halides is 1. The van der Waals surface area contributed by atoms with Crippen molar-refractivity contribution < 1.29 is 0 Å².